The standard InChI is InChI=1S/C13H18O3/c14-10-2-4-12-8-6-11(7-9-12)3-1-5-13(15)16/h6-9,14H,1-5,10H2,(H,15,16). The molecule has 88 valence electrons. The van der Waals surface area contributed by atoms with Gasteiger partial charge in [0.25, 0.3) is 0 Å². The molecule has 1 rings (SSSR count). The van der Waals surface area contributed by atoms with Crippen LogP contribution in [0.25, 0.3) is 0 Å². The van der Waals surface area contributed by atoms with Crippen LogP contribution in [0.2, 0.25) is 0 Å². The first-order valence-corrected chi connectivity index (χ1v) is 5.63. The lowest BCUT2D eigenvalue weighted by Gasteiger charge is -2.03. The molecule has 16 heavy (non-hydrogen) atoms. The van der Waals surface area contributed by atoms with Gasteiger partial charge < -0.3 is 10.2 Å². The van der Waals surface area contributed by atoms with Gasteiger partial charge in [0, 0.05) is 13.0 Å². The highest BCUT2D eigenvalue weighted by atomic mass is 16.4. The zero-order valence-corrected chi connectivity index (χ0v) is 9.35. The smallest absolute Gasteiger partial charge is 0.303 e. The summed E-state index contributed by atoms with van der Waals surface area (Å²) in [7, 11) is 0. The number of rotatable bonds is 7. The maximum atomic E-state index is 10.3. The molecule has 0 bridgehead atoms. The van der Waals surface area contributed by atoms with E-state index in [4.69, 9.17) is 10.2 Å². The van der Waals surface area contributed by atoms with E-state index in [0.29, 0.717) is 6.42 Å². The van der Waals surface area contributed by atoms with E-state index in [1.807, 2.05) is 24.3 Å². The zero-order valence-electron chi connectivity index (χ0n) is 9.35. The molecule has 0 radical (unpaired) electrons. The van der Waals surface area contributed by atoms with E-state index in [9.17, 15) is 4.79 Å². The van der Waals surface area contributed by atoms with Crippen LogP contribution >= 0.6 is 0 Å². The molecule has 1 aromatic rings. The van der Waals surface area contributed by atoms with Crippen molar-refractivity contribution in [3.63, 3.8) is 0 Å². The first-order valence-electron chi connectivity index (χ1n) is 5.63. The van der Waals surface area contributed by atoms with Gasteiger partial charge in [0.1, 0.15) is 0 Å². The third kappa shape index (κ3) is 4.94. The van der Waals surface area contributed by atoms with Gasteiger partial charge in [-0.15, -0.1) is 0 Å². The van der Waals surface area contributed by atoms with Gasteiger partial charge in [-0.3, -0.25) is 4.79 Å². The summed E-state index contributed by atoms with van der Waals surface area (Å²) in [5, 5.41) is 17.2. The van der Waals surface area contributed by atoms with Crippen molar-refractivity contribution in [1.29, 1.82) is 0 Å². The van der Waals surface area contributed by atoms with Crippen molar-refractivity contribution in [3.8, 4) is 0 Å². The minimum absolute atomic E-state index is 0.223. The molecule has 0 saturated heterocycles. The first kappa shape index (κ1) is 12.7. The van der Waals surface area contributed by atoms with Gasteiger partial charge in [0.2, 0.25) is 0 Å². The van der Waals surface area contributed by atoms with Crippen LogP contribution in [0.4, 0.5) is 0 Å². The molecule has 3 heteroatoms. The number of carbonyl (C=O) groups is 1. The van der Waals surface area contributed by atoms with E-state index in [-0.39, 0.29) is 13.0 Å². The second-order valence-electron chi connectivity index (χ2n) is 3.89. The summed E-state index contributed by atoms with van der Waals surface area (Å²) in [6.07, 6.45) is 3.41. The summed E-state index contributed by atoms with van der Waals surface area (Å²) >= 11 is 0. The third-order valence-corrected chi connectivity index (χ3v) is 2.50. The van der Waals surface area contributed by atoms with Crippen LogP contribution in [0.5, 0.6) is 0 Å². The second kappa shape index (κ2) is 7.01. The van der Waals surface area contributed by atoms with Crippen molar-refractivity contribution in [2.24, 2.45) is 0 Å². The molecule has 3 nitrogen and oxygen atoms in total. The number of benzene rings is 1. The van der Waals surface area contributed by atoms with Gasteiger partial charge in [-0.25, -0.2) is 0 Å². The molecule has 0 saturated carbocycles. The minimum Gasteiger partial charge on any atom is -0.481 e. The number of hydrogen-bond donors (Lipinski definition) is 2. The van der Waals surface area contributed by atoms with Crippen molar-refractivity contribution < 1.29 is 15.0 Å². The molecule has 0 aliphatic heterocycles. The van der Waals surface area contributed by atoms with Gasteiger partial charge in [-0.2, -0.15) is 0 Å². The molecule has 2 N–H and O–H groups in total. The lowest BCUT2D eigenvalue weighted by atomic mass is 10.0. The largest absolute Gasteiger partial charge is 0.481 e. The van der Waals surface area contributed by atoms with Crippen LogP contribution in [0.15, 0.2) is 24.3 Å². The number of hydrogen-bond acceptors (Lipinski definition) is 2. The van der Waals surface area contributed by atoms with Crippen molar-refractivity contribution in [1.82, 2.24) is 0 Å². The van der Waals surface area contributed by atoms with Crippen LogP contribution in [0.3, 0.4) is 0 Å². The average molecular weight is 222 g/mol. The molecule has 0 fully saturated rings. The highest BCUT2D eigenvalue weighted by Crippen LogP contribution is 2.09. The molecule has 0 aliphatic carbocycles. The molecular weight excluding hydrogens is 204 g/mol. The number of aliphatic carboxylic acids is 1. The van der Waals surface area contributed by atoms with Crippen molar-refractivity contribution >= 4 is 5.97 Å². The molecule has 0 amide bonds. The maximum absolute atomic E-state index is 10.3. The van der Waals surface area contributed by atoms with Gasteiger partial charge >= 0.3 is 5.97 Å². The van der Waals surface area contributed by atoms with Gasteiger partial charge in [-0.05, 0) is 36.8 Å². The molecule has 0 aliphatic rings. The van der Waals surface area contributed by atoms with Crippen LogP contribution < -0.4 is 0 Å². The first-order chi connectivity index (χ1) is 7.72. The molecule has 0 unspecified atom stereocenters. The molecular formula is C13H18O3. The SMILES string of the molecule is O=C(O)CCCc1ccc(CCCO)cc1. The Kier molecular flexibility index (Phi) is 5.57. The van der Waals surface area contributed by atoms with Crippen LogP contribution in [-0.2, 0) is 17.6 Å². The van der Waals surface area contributed by atoms with Crippen LogP contribution in [0, 0.1) is 0 Å². The summed E-state index contributed by atoms with van der Waals surface area (Å²) in [5.74, 6) is -0.737. The highest BCUT2D eigenvalue weighted by molar-refractivity contribution is 5.66. The maximum Gasteiger partial charge on any atom is 0.303 e. The predicted molar refractivity (Wildman–Crippen MR) is 62.4 cm³/mol. The Balaban J connectivity index is 2.36. The quantitative estimate of drug-likeness (QED) is 0.742. The van der Waals surface area contributed by atoms with Crippen molar-refractivity contribution in [2.75, 3.05) is 6.61 Å². The number of aliphatic hydroxyl groups excluding tert-OH is 1. The number of aliphatic hydroxyl groups is 1. The monoisotopic (exact) mass is 222 g/mol. The zero-order chi connectivity index (χ0) is 11.8. The van der Waals surface area contributed by atoms with Gasteiger partial charge in [0.05, 0.1) is 0 Å². The van der Waals surface area contributed by atoms with E-state index < -0.39 is 5.97 Å². The topological polar surface area (TPSA) is 57.5 Å². The highest BCUT2D eigenvalue weighted by Gasteiger charge is 1.98. The minimum atomic E-state index is -0.737. The van der Waals surface area contributed by atoms with E-state index >= 15 is 0 Å². The van der Waals surface area contributed by atoms with Crippen LogP contribution in [0.1, 0.15) is 30.4 Å². The summed E-state index contributed by atoms with van der Waals surface area (Å²) < 4.78 is 0. The Hall–Kier alpha value is -1.35. The Morgan fingerprint density at radius 1 is 1.00 bits per heavy atom. The van der Waals surface area contributed by atoms with E-state index in [1.165, 1.54) is 11.1 Å². The van der Waals surface area contributed by atoms with E-state index in [2.05, 4.69) is 0 Å². The van der Waals surface area contributed by atoms with Crippen molar-refractivity contribution in [2.45, 2.75) is 32.1 Å². The third-order valence-electron chi connectivity index (χ3n) is 2.50. The van der Waals surface area contributed by atoms with Gasteiger partial charge in [-0.1, -0.05) is 24.3 Å². The molecule has 1 aromatic carbocycles. The fourth-order valence-corrected chi connectivity index (χ4v) is 1.60. The molecule has 0 heterocycles. The van der Waals surface area contributed by atoms with E-state index in [1.54, 1.807) is 0 Å². The number of carboxylic acid groups (broad SMARTS) is 1. The summed E-state index contributed by atoms with van der Waals surface area (Å²) in [5.41, 5.74) is 2.39. The average Bonchev–Trinajstić information content (AvgIpc) is 2.27. The molecule has 0 atom stereocenters. The summed E-state index contributed by atoms with van der Waals surface area (Å²) in [6, 6.07) is 8.17. The normalized spacial score (nSPS) is 10.3. The molecule has 0 aromatic heterocycles. The second-order valence-corrected chi connectivity index (χ2v) is 3.89. The van der Waals surface area contributed by atoms with Crippen molar-refractivity contribution in [3.05, 3.63) is 35.4 Å². The summed E-state index contributed by atoms with van der Waals surface area (Å²) in [4.78, 5) is 10.3. The lowest BCUT2D eigenvalue weighted by Crippen LogP contribution is -1.96. The van der Waals surface area contributed by atoms with E-state index in [0.717, 1.165) is 19.3 Å². The van der Waals surface area contributed by atoms with Crippen LogP contribution in [-0.4, -0.2) is 22.8 Å². The Bertz CT molecular complexity index is 316. The number of carboxylic acids is 1. The Labute approximate surface area is 95.7 Å². The lowest BCUT2D eigenvalue weighted by molar-refractivity contribution is -0.137. The predicted octanol–water partition coefficient (Wildman–Crippen LogP) is 2.02. The number of aryl methyl sites for hydroxylation is 2. The van der Waals surface area contributed by atoms with Gasteiger partial charge in [0.15, 0.2) is 0 Å². The Morgan fingerprint density at radius 3 is 1.94 bits per heavy atom. The Morgan fingerprint density at radius 2 is 1.50 bits per heavy atom. The summed E-state index contributed by atoms with van der Waals surface area (Å²) in [6.45, 7) is 0.223. The fraction of sp³-hybridized carbons (Fsp3) is 0.462. The fourth-order valence-electron chi connectivity index (χ4n) is 1.60. The molecule has 0 spiro atoms.